The van der Waals surface area contributed by atoms with Gasteiger partial charge in [0.2, 0.25) is 5.60 Å². The summed E-state index contributed by atoms with van der Waals surface area (Å²) in [6, 6.07) is 0. The highest BCUT2D eigenvalue weighted by Gasteiger charge is 2.79. The number of esters is 1. The molecule has 0 aromatic heterocycles. The second-order valence-corrected chi connectivity index (χ2v) is 9.60. The third-order valence-corrected chi connectivity index (χ3v) is 4.56. The Hall–Kier alpha value is -1.39. The first kappa shape index (κ1) is 19.7. The van der Waals surface area contributed by atoms with E-state index in [1.54, 1.807) is 48.5 Å². The Morgan fingerprint density at radius 1 is 0.913 bits per heavy atom. The molecule has 1 amide bonds. The third-order valence-electron chi connectivity index (χ3n) is 4.56. The molecule has 23 heavy (non-hydrogen) atoms. The number of amides is 1. The highest BCUT2D eigenvalue weighted by molar-refractivity contribution is 6.11. The highest BCUT2D eigenvalue weighted by atomic mass is 16.6. The molecule has 1 aliphatic carbocycles. The summed E-state index contributed by atoms with van der Waals surface area (Å²) in [5.41, 5.74) is -4.93. The van der Waals surface area contributed by atoms with E-state index < -0.39 is 39.3 Å². The van der Waals surface area contributed by atoms with Gasteiger partial charge >= 0.3 is 5.97 Å². The van der Waals surface area contributed by atoms with Crippen LogP contribution in [0.25, 0.3) is 0 Å². The van der Waals surface area contributed by atoms with Crippen molar-refractivity contribution in [1.29, 1.82) is 0 Å². The van der Waals surface area contributed by atoms with Crippen LogP contribution < -0.4 is 5.32 Å². The van der Waals surface area contributed by atoms with Crippen LogP contribution in [0.4, 0.5) is 0 Å². The number of Topliss-reactive ketones (excluding diaryl/α,β-unsaturated/α-hetero) is 1. The first-order valence-corrected chi connectivity index (χ1v) is 8.02. The van der Waals surface area contributed by atoms with E-state index >= 15 is 0 Å². The van der Waals surface area contributed by atoms with Gasteiger partial charge in [0.15, 0.2) is 5.78 Å². The monoisotopic (exact) mass is 325 g/mol. The molecule has 1 saturated carbocycles. The number of ether oxygens (including phenoxy) is 1. The number of nitrogens with one attached hydrogen (secondary N) is 1. The van der Waals surface area contributed by atoms with Crippen LogP contribution in [0.3, 0.4) is 0 Å². The molecule has 5 heteroatoms. The lowest BCUT2D eigenvalue weighted by Crippen LogP contribution is -2.81. The lowest BCUT2D eigenvalue weighted by Gasteiger charge is -2.62. The minimum absolute atomic E-state index is 0.0873. The standard InChI is InChI=1S/C18H31NO4/c1-14(2,3)13(22)23-18(12(21)19-15(4,5)6)16(7,8)11(20)17(18,9)10/h1-10H3,(H,19,21). The molecule has 0 unspecified atom stereocenters. The first-order chi connectivity index (χ1) is 9.91. The van der Waals surface area contributed by atoms with E-state index in [9.17, 15) is 14.4 Å². The van der Waals surface area contributed by atoms with Gasteiger partial charge in [-0.2, -0.15) is 0 Å². The normalized spacial score (nSPS) is 22.1. The molecule has 0 bridgehead atoms. The van der Waals surface area contributed by atoms with E-state index in [4.69, 9.17) is 4.74 Å². The van der Waals surface area contributed by atoms with Crippen LogP contribution in [-0.4, -0.2) is 28.8 Å². The van der Waals surface area contributed by atoms with Crippen LogP contribution >= 0.6 is 0 Å². The second kappa shape index (κ2) is 5.05. The Bertz CT molecular complexity index is 526. The number of carbonyl (C=O) groups is 3. The Morgan fingerprint density at radius 2 is 1.30 bits per heavy atom. The van der Waals surface area contributed by atoms with E-state index in [0.29, 0.717) is 0 Å². The number of carbonyl (C=O) groups excluding carboxylic acids is 3. The molecule has 1 fully saturated rings. The molecule has 0 atom stereocenters. The SMILES string of the molecule is CC(C)(C)NC(=O)C1(OC(=O)C(C)(C)C)C(C)(C)C(=O)C1(C)C. The molecule has 0 heterocycles. The minimum Gasteiger partial charge on any atom is -0.446 e. The van der Waals surface area contributed by atoms with Crippen molar-refractivity contribution in [2.45, 2.75) is 80.4 Å². The van der Waals surface area contributed by atoms with Crippen molar-refractivity contribution in [3.63, 3.8) is 0 Å². The zero-order valence-electron chi connectivity index (χ0n) is 16.1. The first-order valence-electron chi connectivity index (χ1n) is 8.02. The average molecular weight is 325 g/mol. The van der Waals surface area contributed by atoms with E-state index in [0.717, 1.165) is 0 Å². The van der Waals surface area contributed by atoms with E-state index in [-0.39, 0.29) is 5.78 Å². The summed E-state index contributed by atoms with van der Waals surface area (Å²) in [7, 11) is 0. The van der Waals surface area contributed by atoms with Gasteiger partial charge in [-0.05, 0) is 69.2 Å². The smallest absolute Gasteiger partial charge is 0.312 e. The van der Waals surface area contributed by atoms with E-state index in [1.807, 2.05) is 20.8 Å². The van der Waals surface area contributed by atoms with Crippen molar-refractivity contribution in [3.8, 4) is 0 Å². The zero-order chi connectivity index (χ0) is 18.6. The lowest BCUT2D eigenvalue weighted by molar-refractivity contribution is -0.240. The quantitative estimate of drug-likeness (QED) is 0.792. The maximum atomic E-state index is 13.1. The number of hydrogen-bond acceptors (Lipinski definition) is 4. The van der Waals surface area contributed by atoms with Gasteiger partial charge in [-0.25, -0.2) is 0 Å². The molecule has 1 rings (SSSR count). The van der Waals surface area contributed by atoms with Crippen molar-refractivity contribution in [2.75, 3.05) is 0 Å². The van der Waals surface area contributed by atoms with Crippen LogP contribution in [0.1, 0.15) is 69.2 Å². The molecule has 0 aromatic carbocycles. The maximum Gasteiger partial charge on any atom is 0.312 e. The molecule has 132 valence electrons. The zero-order valence-corrected chi connectivity index (χ0v) is 16.1. The molecule has 0 saturated heterocycles. The molecule has 5 nitrogen and oxygen atoms in total. The maximum absolute atomic E-state index is 13.1. The number of hydrogen-bond donors (Lipinski definition) is 1. The van der Waals surface area contributed by atoms with Crippen LogP contribution in [0.5, 0.6) is 0 Å². The van der Waals surface area contributed by atoms with Crippen LogP contribution in [0.15, 0.2) is 0 Å². The van der Waals surface area contributed by atoms with E-state index in [1.165, 1.54) is 0 Å². The minimum atomic E-state index is -1.52. The summed E-state index contributed by atoms with van der Waals surface area (Å²) < 4.78 is 5.78. The van der Waals surface area contributed by atoms with Gasteiger partial charge in [-0.15, -0.1) is 0 Å². The molecular formula is C18H31NO4. The van der Waals surface area contributed by atoms with Crippen molar-refractivity contribution < 1.29 is 19.1 Å². The van der Waals surface area contributed by atoms with Crippen molar-refractivity contribution in [3.05, 3.63) is 0 Å². The second-order valence-electron chi connectivity index (χ2n) is 9.60. The van der Waals surface area contributed by atoms with Crippen LogP contribution in [-0.2, 0) is 19.1 Å². The van der Waals surface area contributed by atoms with Gasteiger partial charge < -0.3 is 10.1 Å². The molecule has 0 radical (unpaired) electrons. The van der Waals surface area contributed by atoms with Crippen molar-refractivity contribution in [1.82, 2.24) is 5.32 Å². The fourth-order valence-corrected chi connectivity index (χ4v) is 3.41. The van der Waals surface area contributed by atoms with Crippen molar-refractivity contribution >= 4 is 17.7 Å². The fraction of sp³-hybridized carbons (Fsp3) is 0.833. The van der Waals surface area contributed by atoms with Gasteiger partial charge in [0, 0.05) is 5.54 Å². The molecule has 0 spiro atoms. The molecular weight excluding hydrogens is 294 g/mol. The number of ketones is 1. The predicted molar refractivity (Wildman–Crippen MR) is 88.7 cm³/mol. The van der Waals surface area contributed by atoms with Gasteiger partial charge in [0.1, 0.15) is 0 Å². The van der Waals surface area contributed by atoms with Gasteiger partial charge in [-0.3, -0.25) is 14.4 Å². The Balaban J connectivity index is 3.42. The summed E-state index contributed by atoms with van der Waals surface area (Å²) >= 11 is 0. The predicted octanol–water partition coefficient (Wildman–Crippen LogP) is 2.86. The fourth-order valence-electron chi connectivity index (χ4n) is 3.41. The third kappa shape index (κ3) is 2.79. The Kier molecular flexibility index (Phi) is 4.32. The number of rotatable bonds is 2. The highest BCUT2D eigenvalue weighted by Crippen LogP contribution is 2.61. The molecule has 1 aliphatic rings. The summed E-state index contributed by atoms with van der Waals surface area (Å²) in [5.74, 6) is -0.997. The molecule has 1 N–H and O–H groups in total. The van der Waals surface area contributed by atoms with Crippen LogP contribution in [0, 0.1) is 16.2 Å². The largest absolute Gasteiger partial charge is 0.446 e. The Labute approximate surface area is 139 Å². The molecule has 0 aromatic rings. The summed E-state index contributed by atoms with van der Waals surface area (Å²) in [6.07, 6.45) is 0. The van der Waals surface area contributed by atoms with Crippen molar-refractivity contribution in [2.24, 2.45) is 16.2 Å². The summed E-state index contributed by atoms with van der Waals surface area (Å²) in [6.45, 7) is 17.4. The van der Waals surface area contributed by atoms with Gasteiger partial charge in [0.05, 0.1) is 16.2 Å². The van der Waals surface area contributed by atoms with E-state index in [2.05, 4.69) is 5.32 Å². The van der Waals surface area contributed by atoms with Crippen LogP contribution in [0.2, 0.25) is 0 Å². The molecule has 0 aliphatic heterocycles. The van der Waals surface area contributed by atoms with Gasteiger partial charge in [-0.1, -0.05) is 0 Å². The Morgan fingerprint density at radius 3 is 1.61 bits per heavy atom. The van der Waals surface area contributed by atoms with Gasteiger partial charge in [0.25, 0.3) is 5.91 Å². The average Bonchev–Trinajstić information content (AvgIpc) is 2.29. The summed E-state index contributed by atoms with van der Waals surface area (Å²) in [4.78, 5) is 38.1. The topological polar surface area (TPSA) is 72.5 Å². The summed E-state index contributed by atoms with van der Waals surface area (Å²) in [5, 5.41) is 2.88. The lowest BCUT2D eigenvalue weighted by atomic mass is 9.43.